The van der Waals surface area contributed by atoms with Gasteiger partial charge in [-0.05, 0) is 31.7 Å². The number of nitrogens with zero attached hydrogens (tertiary/aromatic N) is 1. The van der Waals surface area contributed by atoms with Crippen LogP contribution in [0.1, 0.15) is 43.7 Å². The SMILES string of the molecule is C[C@@H](NCc1cccc(C#N)c1F)C1CCCC1. The summed E-state index contributed by atoms with van der Waals surface area (Å²) in [6.07, 6.45) is 5.17. The molecule has 0 bridgehead atoms. The van der Waals surface area contributed by atoms with Crippen LogP contribution in [0, 0.1) is 23.1 Å². The molecule has 1 aliphatic rings. The van der Waals surface area contributed by atoms with Gasteiger partial charge in [-0.2, -0.15) is 5.26 Å². The van der Waals surface area contributed by atoms with Crippen molar-refractivity contribution in [1.29, 1.82) is 5.26 Å². The molecule has 0 unspecified atom stereocenters. The van der Waals surface area contributed by atoms with Crippen molar-refractivity contribution in [2.24, 2.45) is 5.92 Å². The fourth-order valence-corrected chi connectivity index (χ4v) is 2.70. The Labute approximate surface area is 108 Å². The summed E-state index contributed by atoms with van der Waals surface area (Å²) in [5, 5.41) is 12.2. The van der Waals surface area contributed by atoms with Gasteiger partial charge in [-0.1, -0.05) is 25.0 Å². The van der Waals surface area contributed by atoms with E-state index in [0.29, 0.717) is 24.1 Å². The predicted molar refractivity (Wildman–Crippen MR) is 69.4 cm³/mol. The number of hydrogen-bond acceptors (Lipinski definition) is 2. The molecule has 0 aromatic heterocycles. The third kappa shape index (κ3) is 2.88. The van der Waals surface area contributed by atoms with E-state index in [-0.39, 0.29) is 11.4 Å². The molecule has 0 aliphatic heterocycles. The molecule has 1 aromatic carbocycles. The lowest BCUT2D eigenvalue weighted by Crippen LogP contribution is -2.32. The summed E-state index contributed by atoms with van der Waals surface area (Å²) in [5.41, 5.74) is 0.710. The third-order valence-corrected chi connectivity index (χ3v) is 3.92. The molecule has 1 fully saturated rings. The molecule has 2 rings (SSSR count). The molecule has 0 radical (unpaired) electrons. The van der Waals surface area contributed by atoms with E-state index in [4.69, 9.17) is 5.26 Å². The van der Waals surface area contributed by atoms with Gasteiger partial charge >= 0.3 is 0 Å². The highest BCUT2D eigenvalue weighted by atomic mass is 19.1. The first-order valence-corrected chi connectivity index (χ1v) is 6.63. The van der Waals surface area contributed by atoms with Gasteiger partial charge in [-0.3, -0.25) is 0 Å². The monoisotopic (exact) mass is 246 g/mol. The lowest BCUT2D eigenvalue weighted by Gasteiger charge is -2.20. The molecule has 0 amide bonds. The zero-order valence-electron chi connectivity index (χ0n) is 10.7. The number of hydrogen-bond donors (Lipinski definition) is 1. The number of nitriles is 1. The third-order valence-electron chi connectivity index (χ3n) is 3.92. The molecular formula is C15H19FN2. The average Bonchev–Trinajstić information content (AvgIpc) is 2.91. The van der Waals surface area contributed by atoms with Crippen molar-refractivity contribution in [3.63, 3.8) is 0 Å². The lowest BCUT2D eigenvalue weighted by atomic mass is 9.99. The highest BCUT2D eigenvalue weighted by Crippen LogP contribution is 2.27. The molecular weight excluding hydrogens is 227 g/mol. The minimum Gasteiger partial charge on any atom is -0.310 e. The van der Waals surface area contributed by atoms with Crippen LogP contribution in [0.4, 0.5) is 4.39 Å². The maximum Gasteiger partial charge on any atom is 0.145 e. The molecule has 3 heteroatoms. The molecule has 1 saturated carbocycles. The number of rotatable bonds is 4. The Kier molecular flexibility index (Phi) is 4.33. The molecule has 1 atom stereocenters. The summed E-state index contributed by atoms with van der Waals surface area (Å²) in [6.45, 7) is 2.67. The summed E-state index contributed by atoms with van der Waals surface area (Å²) in [5.74, 6) is 0.332. The standard InChI is InChI=1S/C15H19FN2/c1-11(12-5-2-3-6-12)18-10-14-8-4-7-13(9-17)15(14)16/h4,7-8,11-12,18H,2-3,5-6,10H2,1H3/t11-/m1/s1. The van der Waals surface area contributed by atoms with E-state index in [1.165, 1.54) is 31.7 Å². The van der Waals surface area contributed by atoms with Gasteiger partial charge in [-0.25, -0.2) is 4.39 Å². The number of halogens is 1. The van der Waals surface area contributed by atoms with Crippen LogP contribution in [0.15, 0.2) is 18.2 Å². The van der Waals surface area contributed by atoms with Gasteiger partial charge in [0, 0.05) is 18.2 Å². The molecule has 0 heterocycles. The Balaban J connectivity index is 1.95. The van der Waals surface area contributed by atoms with Crippen molar-refractivity contribution in [1.82, 2.24) is 5.32 Å². The van der Waals surface area contributed by atoms with Crippen molar-refractivity contribution in [2.45, 2.75) is 45.2 Å². The van der Waals surface area contributed by atoms with Gasteiger partial charge in [0.05, 0.1) is 5.56 Å². The smallest absolute Gasteiger partial charge is 0.145 e. The highest BCUT2D eigenvalue weighted by molar-refractivity contribution is 5.34. The zero-order valence-corrected chi connectivity index (χ0v) is 10.7. The average molecular weight is 246 g/mol. The first-order valence-electron chi connectivity index (χ1n) is 6.63. The molecule has 0 saturated heterocycles. The second-order valence-corrected chi connectivity index (χ2v) is 5.10. The van der Waals surface area contributed by atoms with Crippen LogP contribution in [-0.2, 0) is 6.54 Å². The topological polar surface area (TPSA) is 35.8 Å². The molecule has 1 aliphatic carbocycles. The van der Waals surface area contributed by atoms with Gasteiger partial charge < -0.3 is 5.32 Å². The zero-order chi connectivity index (χ0) is 13.0. The van der Waals surface area contributed by atoms with E-state index in [9.17, 15) is 4.39 Å². The van der Waals surface area contributed by atoms with E-state index in [1.54, 1.807) is 12.1 Å². The number of benzene rings is 1. The van der Waals surface area contributed by atoms with E-state index in [0.717, 1.165) is 0 Å². The second-order valence-electron chi connectivity index (χ2n) is 5.10. The van der Waals surface area contributed by atoms with Gasteiger partial charge in [0.15, 0.2) is 0 Å². The van der Waals surface area contributed by atoms with Gasteiger partial charge in [0.1, 0.15) is 11.9 Å². The Morgan fingerprint density at radius 3 is 2.83 bits per heavy atom. The van der Waals surface area contributed by atoms with E-state index in [2.05, 4.69) is 12.2 Å². The molecule has 96 valence electrons. The minimum atomic E-state index is -0.383. The molecule has 0 spiro atoms. The molecule has 18 heavy (non-hydrogen) atoms. The summed E-state index contributed by atoms with van der Waals surface area (Å²) in [4.78, 5) is 0. The van der Waals surface area contributed by atoms with Crippen LogP contribution in [0.25, 0.3) is 0 Å². The summed E-state index contributed by atoms with van der Waals surface area (Å²) in [7, 11) is 0. The van der Waals surface area contributed by atoms with Gasteiger partial charge in [0.2, 0.25) is 0 Å². The molecule has 1 aromatic rings. The second kappa shape index (κ2) is 5.97. The fraction of sp³-hybridized carbons (Fsp3) is 0.533. The number of nitrogens with one attached hydrogen (secondary N) is 1. The van der Waals surface area contributed by atoms with Crippen molar-refractivity contribution in [3.05, 3.63) is 35.1 Å². The quantitative estimate of drug-likeness (QED) is 0.884. The van der Waals surface area contributed by atoms with Gasteiger partial charge in [-0.15, -0.1) is 0 Å². The minimum absolute atomic E-state index is 0.128. The largest absolute Gasteiger partial charge is 0.310 e. The normalized spacial score (nSPS) is 17.6. The van der Waals surface area contributed by atoms with Crippen LogP contribution in [0.2, 0.25) is 0 Å². The van der Waals surface area contributed by atoms with Crippen LogP contribution >= 0.6 is 0 Å². The fourth-order valence-electron chi connectivity index (χ4n) is 2.70. The van der Waals surface area contributed by atoms with Crippen molar-refractivity contribution < 1.29 is 4.39 Å². The van der Waals surface area contributed by atoms with Crippen LogP contribution in [0.3, 0.4) is 0 Å². The Morgan fingerprint density at radius 2 is 2.17 bits per heavy atom. The molecule has 2 nitrogen and oxygen atoms in total. The predicted octanol–water partition coefficient (Wildman–Crippen LogP) is 3.37. The van der Waals surface area contributed by atoms with E-state index < -0.39 is 0 Å². The van der Waals surface area contributed by atoms with Crippen molar-refractivity contribution in [2.75, 3.05) is 0 Å². The van der Waals surface area contributed by atoms with Crippen LogP contribution < -0.4 is 5.32 Å². The Hall–Kier alpha value is -1.40. The van der Waals surface area contributed by atoms with Crippen LogP contribution in [0.5, 0.6) is 0 Å². The van der Waals surface area contributed by atoms with Crippen LogP contribution in [-0.4, -0.2) is 6.04 Å². The van der Waals surface area contributed by atoms with Crippen molar-refractivity contribution >= 4 is 0 Å². The van der Waals surface area contributed by atoms with Crippen molar-refractivity contribution in [3.8, 4) is 6.07 Å². The summed E-state index contributed by atoms with van der Waals surface area (Å²) >= 11 is 0. The lowest BCUT2D eigenvalue weighted by molar-refractivity contribution is 0.378. The Bertz CT molecular complexity index is 444. The Morgan fingerprint density at radius 1 is 1.44 bits per heavy atom. The maximum atomic E-state index is 13.8. The summed E-state index contributed by atoms with van der Waals surface area (Å²) < 4.78 is 13.8. The van der Waals surface area contributed by atoms with Gasteiger partial charge in [0.25, 0.3) is 0 Å². The van der Waals surface area contributed by atoms with E-state index in [1.807, 2.05) is 6.07 Å². The highest BCUT2D eigenvalue weighted by Gasteiger charge is 2.21. The molecule has 1 N–H and O–H groups in total. The summed E-state index contributed by atoms with van der Waals surface area (Å²) in [6, 6.07) is 7.28. The maximum absolute atomic E-state index is 13.8. The first kappa shape index (κ1) is 13.0. The first-order chi connectivity index (χ1) is 8.72. The van der Waals surface area contributed by atoms with E-state index >= 15 is 0 Å².